The Morgan fingerprint density at radius 2 is 1.88 bits per heavy atom. The van der Waals surface area contributed by atoms with Crippen LogP contribution in [0.25, 0.3) is 0 Å². The summed E-state index contributed by atoms with van der Waals surface area (Å²) in [5.74, 6) is -0.00878. The number of carbonyl (C=O) groups excluding carboxylic acids is 2. The number of imidazole rings is 1. The summed E-state index contributed by atoms with van der Waals surface area (Å²) in [6.07, 6.45) is 3.30. The fourth-order valence-corrected chi connectivity index (χ4v) is 2.59. The van der Waals surface area contributed by atoms with Gasteiger partial charge in [-0.2, -0.15) is 0 Å². The summed E-state index contributed by atoms with van der Waals surface area (Å²) >= 11 is 0. The molecule has 0 aliphatic rings. The maximum atomic E-state index is 12.4. The molecule has 3 aromatic rings. The van der Waals surface area contributed by atoms with Gasteiger partial charge in [-0.3, -0.25) is 9.59 Å². The molecule has 0 fully saturated rings. The number of benzene rings is 2. The molecule has 1 heterocycles. The molecule has 1 amide bonds. The number of hydrogen-bond acceptors (Lipinski definition) is 4. The van der Waals surface area contributed by atoms with Crippen LogP contribution in [0.4, 0.5) is 5.69 Å². The van der Waals surface area contributed by atoms with E-state index < -0.39 is 0 Å². The molecule has 0 saturated carbocycles. The van der Waals surface area contributed by atoms with Crippen molar-refractivity contribution in [2.75, 3.05) is 12.4 Å². The number of anilines is 1. The van der Waals surface area contributed by atoms with E-state index in [1.54, 1.807) is 67.5 Å². The van der Waals surface area contributed by atoms with Gasteiger partial charge in [0.25, 0.3) is 5.91 Å². The first-order valence-electron chi connectivity index (χ1n) is 8.10. The largest absolute Gasteiger partial charge is 0.380 e. The molecule has 0 radical (unpaired) electrons. The lowest BCUT2D eigenvalue weighted by Crippen LogP contribution is -2.13. The molecule has 0 saturated heterocycles. The number of methoxy groups -OCH3 is 1. The van der Waals surface area contributed by atoms with Gasteiger partial charge in [-0.15, -0.1) is 0 Å². The molecule has 1 N–H and O–H groups in total. The van der Waals surface area contributed by atoms with Crippen molar-refractivity contribution in [3.8, 4) is 0 Å². The molecule has 1 aromatic heterocycles. The fraction of sp³-hybridized carbons (Fsp3) is 0.150. The second-order valence-corrected chi connectivity index (χ2v) is 5.86. The lowest BCUT2D eigenvalue weighted by atomic mass is 10.1. The third-order valence-corrected chi connectivity index (χ3v) is 3.93. The lowest BCUT2D eigenvalue weighted by Gasteiger charge is -2.08. The average Bonchev–Trinajstić information content (AvgIpc) is 3.08. The van der Waals surface area contributed by atoms with Gasteiger partial charge in [-0.1, -0.05) is 12.1 Å². The summed E-state index contributed by atoms with van der Waals surface area (Å²) in [6.45, 7) is 0.450. The van der Waals surface area contributed by atoms with E-state index >= 15 is 0 Å². The zero-order valence-electron chi connectivity index (χ0n) is 14.6. The predicted octanol–water partition coefficient (Wildman–Crippen LogP) is 3.05. The molecule has 0 bridgehead atoms. The number of rotatable bonds is 6. The van der Waals surface area contributed by atoms with E-state index in [1.807, 2.05) is 12.1 Å². The van der Waals surface area contributed by atoms with E-state index in [2.05, 4.69) is 10.3 Å². The molecule has 0 aliphatic carbocycles. The summed E-state index contributed by atoms with van der Waals surface area (Å²) in [4.78, 5) is 28.8. The molecular weight excluding hydrogens is 330 g/mol. The first kappa shape index (κ1) is 17.6. The molecule has 0 aliphatic heterocycles. The van der Waals surface area contributed by atoms with Crippen molar-refractivity contribution < 1.29 is 14.3 Å². The first-order valence-corrected chi connectivity index (χ1v) is 8.10. The molecule has 0 atom stereocenters. The van der Waals surface area contributed by atoms with E-state index in [1.165, 1.54) is 0 Å². The summed E-state index contributed by atoms with van der Waals surface area (Å²) in [5.41, 5.74) is 2.60. The minimum absolute atomic E-state index is 0.164. The van der Waals surface area contributed by atoms with Gasteiger partial charge in [-0.25, -0.2) is 4.98 Å². The van der Waals surface area contributed by atoms with Gasteiger partial charge in [0.05, 0.1) is 6.61 Å². The Kier molecular flexibility index (Phi) is 5.24. The Bertz CT molecular complexity index is 929. The summed E-state index contributed by atoms with van der Waals surface area (Å²) in [7, 11) is 3.38. The SMILES string of the molecule is COCc1cccc(C(=O)Nc2ccc(C(=O)c3nccn3C)cc2)c1. The highest BCUT2D eigenvalue weighted by Gasteiger charge is 2.14. The Balaban J connectivity index is 1.71. The van der Waals surface area contributed by atoms with Crippen LogP contribution < -0.4 is 5.32 Å². The van der Waals surface area contributed by atoms with Crippen LogP contribution in [0.15, 0.2) is 60.9 Å². The zero-order chi connectivity index (χ0) is 18.5. The maximum absolute atomic E-state index is 12.4. The van der Waals surface area contributed by atoms with Gasteiger partial charge in [0.1, 0.15) is 0 Å². The quantitative estimate of drug-likeness (QED) is 0.694. The van der Waals surface area contributed by atoms with Gasteiger partial charge in [0.2, 0.25) is 5.78 Å². The number of amides is 1. The number of nitrogens with zero attached hydrogens (tertiary/aromatic N) is 2. The standard InChI is InChI=1S/C20H19N3O3/c1-23-11-10-21-19(23)18(24)15-6-8-17(9-7-15)22-20(25)16-5-3-4-14(12-16)13-26-2/h3-12H,13H2,1-2H3,(H,22,25). The summed E-state index contributed by atoms with van der Waals surface area (Å²) < 4.78 is 6.76. The van der Waals surface area contributed by atoms with Gasteiger partial charge < -0.3 is 14.6 Å². The van der Waals surface area contributed by atoms with Crippen molar-refractivity contribution in [2.24, 2.45) is 7.05 Å². The Hall–Kier alpha value is -3.25. The number of ketones is 1. The number of ether oxygens (including phenoxy) is 1. The van der Waals surface area contributed by atoms with Crippen molar-refractivity contribution in [1.82, 2.24) is 9.55 Å². The molecule has 6 heteroatoms. The van der Waals surface area contributed by atoms with E-state index in [4.69, 9.17) is 4.74 Å². The van der Waals surface area contributed by atoms with Crippen molar-refractivity contribution in [1.29, 1.82) is 0 Å². The highest BCUT2D eigenvalue weighted by molar-refractivity contribution is 6.07. The van der Waals surface area contributed by atoms with Crippen LogP contribution in [0.5, 0.6) is 0 Å². The van der Waals surface area contributed by atoms with Crippen molar-refractivity contribution in [3.05, 3.63) is 83.4 Å². The second-order valence-electron chi connectivity index (χ2n) is 5.86. The number of aryl methyl sites for hydroxylation is 1. The van der Waals surface area contributed by atoms with E-state index in [9.17, 15) is 9.59 Å². The highest BCUT2D eigenvalue weighted by Crippen LogP contribution is 2.15. The van der Waals surface area contributed by atoms with Crippen molar-refractivity contribution >= 4 is 17.4 Å². The molecular formula is C20H19N3O3. The van der Waals surface area contributed by atoms with Crippen LogP contribution >= 0.6 is 0 Å². The van der Waals surface area contributed by atoms with Crippen LogP contribution in [0, 0.1) is 0 Å². The third kappa shape index (κ3) is 3.87. The molecule has 0 spiro atoms. The molecule has 3 rings (SSSR count). The Morgan fingerprint density at radius 1 is 1.12 bits per heavy atom. The van der Waals surface area contributed by atoms with Crippen LogP contribution in [0.1, 0.15) is 32.1 Å². The normalized spacial score (nSPS) is 10.5. The Morgan fingerprint density at radius 3 is 2.54 bits per heavy atom. The molecule has 0 unspecified atom stereocenters. The molecule has 132 valence electrons. The lowest BCUT2D eigenvalue weighted by molar-refractivity contribution is 0.102. The topological polar surface area (TPSA) is 73.2 Å². The summed E-state index contributed by atoms with van der Waals surface area (Å²) in [6, 6.07) is 14.0. The highest BCUT2D eigenvalue weighted by atomic mass is 16.5. The third-order valence-electron chi connectivity index (χ3n) is 3.93. The van der Waals surface area contributed by atoms with E-state index in [0.717, 1.165) is 5.56 Å². The number of aromatic nitrogens is 2. The van der Waals surface area contributed by atoms with Crippen LogP contribution in [-0.4, -0.2) is 28.4 Å². The van der Waals surface area contributed by atoms with Gasteiger partial charge in [0.15, 0.2) is 5.82 Å². The smallest absolute Gasteiger partial charge is 0.255 e. The zero-order valence-corrected chi connectivity index (χ0v) is 14.6. The number of hydrogen-bond donors (Lipinski definition) is 1. The van der Waals surface area contributed by atoms with Crippen molar-refractivity contribution in [3.63, 3.8) is 0 Å². The molecule has 2 aromatic carbocycles. The fourth-order valence-electron chi connectivity index (χ4n) is 2.59. The van der Waals surface area contributed by atoms with Crippen LogP contribution in [0.3, 0.4) is 0 Å². The van der Waals surface area contributed by atoms with Crippen molar-refractivity contribution in [2.45, 2.75) is 6.61 Å². The first-order chi connectivity index (χ1) is 12.6. The maximum Gasteiger partial charge on any atom is 0.255 e. The van der Waals surface area contributed by atoms with Gasteiger partial charge in [0, 0.05) is 43.4 Å². The van der Waals surface area contributed by atoms with Crippen LogP contribution in [-0.2, 0) is 18.4 Å². The average molecular weight is 349 g/mol. The minimum atomic E-state index is -0.217. The second kappa shape index (κ2) is 7.76. The van der Waals surface area contributed by atoms with Gasteiger partial charge >= 0.3 is 0 Å². The van der Waals surface area contributed by atoms with Crippen LogP contribution in [0.2, 0.25) is 0 Å². The molecule has 26 heavy (non-hydrogen) atoms. The summed E-state index contributed by atoms with van der Waals surface area (Å²) in [5, 5.41) is 2.83. The van der Waals surface area contributed by atoms with E-state index in [-0.39, 0.29) is 11.7 Å². The minimum Gasteiger partial charge on any atom is -0.380 e. The predicted molar refractivity (Wildman–Crippen MR) is 98.2 cm³/mol. The number of carbonyl (C=O) groups is 2. The van der Waals surface area contributed by atoms with Gasteiger partial charge in [-0.05, 0) is 42.0 Å². The molecule has 6 nitrogen and oxygen atoms in total. The monoisotopic (exact) mass is 349 g/mol. The Labute approximate surface area is 151 Å². The number of nitrogens with one attached hydrogen (secondary N) is 1. The van der Waals surface area contributed by atoms with E-state index in [0.29, 0.717) is 29.2 Å².